The minimum atomic E-state index is 0.0121. The highest BCUT2D eigenvalue weighted by Crippen LogP contribution is 2.49. The van der Waals surface area contributed by atoms with Crippen molar-refractivity contribution in [2.75, 3.05) is 32.8 Å². The molecule has 2 aliphatic heterocycles. The van der Waals surface area contributed by atoms with Gasteiger partial charge in [0.25, 0.3) is 0 Å². The Morgan fingerprint density at radius 1 is 0.857 bits per heavy atom. The zero-order valence-electron chi connectivity index (χ0n) is 21.2. The summed E-state index contributed by atoms with van der Waals surface area (Å²) in [6.07, 6.45) is 4.30. The quantitative estimate of drug-likeness (QED) is 0.435. The van der Waals surface area contributed by atoms with Crippen molar-refractivity contribution in [3.63, 3.8) is 0 Å². The fourth-order valence-electron chi connectivity index (χ4n) is 5.94. The first kappa shape index (κ1) is 24.1. The Labute approximate surface area is 208 Å². The molecule has 4 atom stereocenters. The first-order chi connectivity index (χ1) is 17.1. The van der Waals surface area contributed by atoms with Crippen molar-refractivity contribution in [1.29, 1.82) is 0 Å². The van der Waals surface area contributed by atoms with Crippen LogP contribution in [0, 0.1) is 11.8 Å². The smallest absolute Gasteiger partial charge is 0.194 e. The number of rotatable bonds is 10. The fourth-order valence-corrected chi connectivity index (χ4v) is 5.94. The summed E-state index contributed by atoms with van der Waals surface area (Å²) in [6, 6.07) is 9.69. The van der Waals surface area contributed by atoms with Crippen LogP contribution in [0.5, 0.6) is 17.2 Å². The van der Waals surface area contributed by atoms with Gasteiger partial charge in [0.2, 0.25) is 0 Å². The van der Waals surface area contributed by atoms with Gasteiger partial charge in [0, 0.05) is 53.2 Å². The van der Waals surface area contributed by atoms with Gasteiger partial charge in [0.15, 0.2) is 5.78 Å². The summed E-state index contributed by atoms with van der Waals surface area (Å²) in [6.45, 7) is 10.8. The monoisotopic (exact) mass is 478 g/mol. The summed E-state index contributed by atoms with van der Waals surface area (Å²) >= 11 is 0. The van der Waals surface area contributed by atoms with Crippen LogP contribution >= 0.6 is 0 Å². The van der Waals surface area contributed by atoms with Gasteiger partial charge in [0.05, 0.1) is 6.61 Å². The van der Waals surface area contributed by atoms with Gasteiger partial charge >= 0.3 is 0 Å². The zero-order valence-corrected chi connectivity index (χ0v) is 21.2. The molecule has 0 spiro atoms. The number of hydrogen-bond donors (Lipinski definition) is 2. The molecule has 188 valence electrons. The van der Waals surface area contributed by atoms with Gasteiger partial charge < -0.3 is 24.8 Å². The topological polar surface area (TPSA) is 68.8 Å². The van der Waals surface area contributed by atoms with Crippen LogP contribution in [0.3, 0.4) is 0 Å². The standard InChI is InChI=1S/C29H38N2O4/c1-4-23(18-10-12-30-16-18)34-20-14-22-28(26(15-20)33-6-3)27-21(29(22)32)8-7-9-25(27)35-24(5-2)19-11-13-31-17-19/h7-9,14-15,18-19,23-24,30-31H,4-6,10-13,16-17H2,1-3H3. The molecule has 2 fully saturated rings. The summed E-state index contributed by atoms with van der Waals surface area (Å²) in [5.41, 5.74) is 3.03. The van der Waals surface area contributed by atoms with Crippen molar-refractivity contribution < 1.29 is 19.0 Å². The number of ether oxygens (including phenoxy) is 3. The number of fused-ring (bicyclic) bond motifs is 3. The summed E-state index contributed by atoms with van der Waals surface area (Å²) in [4.78, 5) is 13.6. The first-order valence-corrected chi connectivity index (χ1v) is 13.4. The van der Waals surface area contributed by atoms with Gasteiger partial charge in [0.1, 0.15) is 29.5 Å². The third kappa shape index (κ3) is 4.66. The summed E-state index contributed by atoms with van der Waals surface area (Å²) in [5.74, 6) is 3.14. The van der Waals surface area contributed by atoms with Crippen LogP contribution in [-0.4, -0.2) is 50.8 Å². The van der Waals surface area contributed by atoms with Crippen molar-refractivity contribution in [3.8, 4) is 28.4 Å². The van der Waals surface area contributed by atoms with Crippen LogP contribution < -0.4 is 24.8 Å². The van der Waals surface area contributed by atoms with Crippen LogP contribution in [-0.2, 0) is 0 Å². The zero-order chi connectivity index (χ0) is 24.4. The van der Waals surface area contributed by atoms with Crippen molar-refractivity contribution in [1.82, 2.24) is 10.6 Å². The Balaban J connectivity index is 1.51. The molecule has 5 rings (SSSR count). The van der Waals surface area contributed by atoms with Crippen molar-refractivity contribution in [3.05, 3.63) is 41.5 Å². The molecule has 2 N–H and O–H groups in total. The molecule has 2 aromatic carbocycles. The van der Waals surface area contributed by atoms with Crippen molar-refractivity contribution in [2.45, 2.75) is 58.7 Å². The van der Waals surface area contributed by atoms with E-state index in [0.29, 0.717) is 41.1 Å². The highest BCUT2D eigenvalue weighted by Gasteiger charge is 2.35. The average Bonchev–Trinajstić information content (AvgIpc) is 3.64. The first-order valence-electron chi connectivity index (χ1n) is 13.4. The highest BCUT2D eigenvalue weighted by molar-refractivity contribution is 6.23. The van der Waals surface area contributed by atoms with Gasteiger partial charge in [-0.3, -0.25) is 4.79 Å². The number of ketones is 1. The maximum absolute atomic E-state index is 13.6. The molecule has 2 aromatic rings. The molecule has 0 saturated carbocycles. The molecule has 1 aliphatic carbocycles. The number of benzene rings is 2. The molecule has 4 unspecified atom stereocenters. The molecule has 6 nitrogen and oxygen atoms in total. The Morgan fingerprint density at radius 2 is 1.51 bits per heavy atom. The lowest BCUT2D eigenvalue weighted by Crippen LogP contribution is -2.28. The van der Waals surface area contributed by atoms with Crippen LogP contribution in [0.25, 0.3) is 11.1 Å². The molecule has 35 heavy (non-hydrogen) atoms. The Kier molecular flexibility index (Phi) is 7.30. The largest absolute Gasteiger partial charge is 0.493 e. The molecule has 0 aromatic heterocycles. The number of carbonyl (C=O) groups is 1. The minimum absolute atomic E-state index is 0.0121. The molecular weight excluding hydrogens is 440 g/mol. The molecular formula is C29H38N2O4. The van der Waals surface area contributed by atoms with E-state index in [1.54, 1.807) is 0 Å². The molecule has 0 bridgehead atoms. The lowest BCUT2D eigenvalue weighted by molar-refractivity contribution is 0.104. The maximum Gasteiger partial charge on any atom is 0.194 e. The van der Waals surface area contributed by atoms with Crippen LogP contribution in [0.2, 0.25) is 0 Å². The van der Waals surface area contributed by atoms with Gasteiger partial charge in [-0.15, -0.1) is 0 Å². The van der Waals surface area contributed by atoms with E-state index in [9.17, 15) is 4.79 Å². The summed E-state index contributed by atoms with van der Waals surface area (Å²) in [5, 5.41) is 6.88. The second-order valence-electron chi connectivity index (χ2n) is 9.92. The number of hydrogen-bond acceptors (Lipinski definition) is 6. The van der Waals surface area contributed by atoms with Crippen molar-refractivity contribution >= 4 is 5.78 Å². The fraction of sp³-hybridized carbons (Fsp3) is 0.552. The number of carbonyl (C=O) groups excluding carboxylic acids is 1. The molecule has 0 amide bonds. The second-order valence-corrected chi connectivity index (χ2v) is 9.92. The SMILES string of the molecule is CCOc1cc(OC(CC)C2CCNC2)cc2c1-c1c(OC(CC)C3CCNC3)cccc1C2=O. The van der Waals surface area contributed by atoms with Crippen LogP contribution in [0.15, 0.2) is 30.3 Å². The molecule has 6 heteroatoms. The molecule has 3 aliphatic rings. The van der Waals surface area contributed by atoms with E-state index in [4.69, 9.17) is 14.2 Å². The lowest BCUT2D eigenvalue weighted by Gasteiger charge is -2.25. The van der Waals surface area contributed by atoms with E-state index in [1.807, 2.05) is 37.3 Å². The van der Waals surface area contributed by atoms with Crippen LogP contribution in [0.4, 0.5) is 0 Å². The van der Waals surface area contributed by atoms with E-state index in [-0.39, 0.29) is 18.0 Å². The third-order valence-electron chi connectivity index (χ3n) is 7.76. The Morgan fingerprint density at radius 3 is 2.11 bits per heavy atom. The summed E-state index contributed by atoms with van der Waals surface area (Å²) in [7, 11) is 0. The predicted octanol–water partition coefficient (Wildman–Crippen LogP) is 4.83. The van der Waals surface area contributed by atoms with E-state index >= 15 is 0 Å². The average molecular weight is 479 g/mol. The van der Waals surface area contributed by atoms with E-state index in [1.165, 1.54) is 0 Å². The number of nitrogens with one attached hydrogen (secondary N) is 2. The maximum atomic E-state index is 13.6. The summed E-state index contributed by atoms with van der Waals surface area (Å²) < 4.78 is 19.2. The predicted molar refractivity (Wildman–Crippen MR) is 138 cm³/mol. The second kappa shape index (κ2) is 10.6. The van der Waals surface area contributed by atoms with Gasteiger partial charge in [-0.25, -0.2) is 0 Å². The minimum Gasteiger partial charge on any atom is -0.493 e. The lowest BCUT2D eigenvalue weighted by atomic mass is 9.98. The third-order valence-corrected chi connectivity index (χ3v) is 7.76. The Bertz CT molecular complexity index is 1060. The van der Waals surface area contributed by atoms with E-state index < -0.39 is 0 Å². The molecule has 0 radical (unpaired) electrons. The Hall–Kier alpha value is -2.57. The van der Waals surface area contributed by atoms with E-state index in [0.717, 1.165) is 68.7 Å². The van der Waals surface area contributed by atoms with Crippen LogP contribution in [0.1, 0.15) is 62.4 Å². The molecule has 2 heterocycles. The van der Waals surface area contributed by atoms with Gasteiger partial charge in [-0.1, -0.05) is 26.0 Å². The highest BCUT2D eigenvalue weighted by atomic mass is 16.5. The van der Waals surface area contributed by atoms with Crippen molar-refractivity contribution in [2.24, 2.45) is 11.8 Å². The van der Waals surface area contributed by atoms with Gasteiger partial charge in [-0.2, -0.15) is 0 Å². The van der Waals surface area contributed by atoms with E-state index in [2.05, 4.69) is 24.5 Å². The molecule has 2 saturated heterocycles. The normalized spacial score (nSPS) is 22.5. The van der Waals surface area contributed by atoms with Gasteiger partial charge in [-0.05, 0) is 57.8 Å².